The molecule has 56 heavy (non-hydrogen) atoms. The standard InChI is InChI=1S/C40H44FN7O7S/c1-53-39(52)34-18-29(49)21-47(34)37(50)20-43-38(51)27-8-9-33-32(17-27)44-35(48(33)24-40(56-2)12-15-55-40)22-46-13-10-26(11-14-46)31-4-3-5-36(45-31)54-23-28-7-6-25(19-42)16-30(28)41/h3-9,16-17,26,29,34,49H,10-15,18,20-24H2,1-2H3,(H,43,51)/t29-,34-,40+/m0/s1. The minimum atomic E-state index is -0.893. The van der Waals surface area contributed by atoms with E-state index in [2.05, 4.69) is 14.8 Å². The number of nitrogens with one attached hydrogen (secondary N) is 1. The van der Waals surface area contributed by atoms with Crippen molar-refractivity contribution in [3.05, 3.63) is 88.6 Å². The molecule has 3 atom stereocenters. The molecule has 0 spiro atoms. The van der Waals surface area contributed by atoms with Gasteiger partial charge < -0.3 is 34.1 Å². The largest absolute Gasteiger partial charge is 0.473 e. The number of hydrogen-bond acceptors (Lipinski definition) is 12. The number of ether oxygens (including phenoxy) is 3. The van der Waals surface area contributed by atoms with Gasteiger partial charge in [-0.15, -0.1) is 11.8 Å². The molecule has 4 aromatic rings. The quantitative estimate of drug-likeness (QED) is 0.189. The van der Waals surface area contributed by atoms with Gasteiger partial charge in [0, 0.05) is 48.2 Å². The number of likely N-dealkylation sites (tertiary alicyclic amines) is 2. The number of hydrogen-bond donors (Lipinski definition) is 2. The predicted molar refractivity (Wildman–Crippen MR) is 204 cm³/mol. The van der Waals surface area contributed by atoms with Crippen molar-refractivity contribution in [2.75, 3.05) is 46.2 Å². The molecular formula is C40H44FN7O7S. The molecule has 0 bridgehead atoms. The maximum Gasteiger partial charge on any atom is 0.328 e. The van der Waals surface area contributed by atoms with Crippen molar-refractivity contribution in [3.8, 4) is 11.9 Å². The minimum absolute atomic E-state index is 0.00548. The third kappa shape index (κ3) is 8.51. The number of esters is 1. The number of fused-ring (bicyclic) bond motifs is 1. The van der Waals surface area contributed by atoms with E-state index in [1.807, 2.05) is 30.5 Å². The summed E-state index contributed by atoms with van der Waals surface area (Å²) in [5, 5.41) is 21.7. The number of benzene rings is 2. The van der Waals surface area contributed by atoms with Gasteiger partial charge in [0.1, 0.15) is 29.2 Å². The van der Waals surface area contributed by atoms with Gasteiger partial charge in [-0.3, -0.25) is 14.5 Å². The van der Waals surface area contributed by atoms with Crippen molar-refractivity contribution >= 4 is 40.6 Å². The summed E-state index contributed by atoms with van der Waals surface area (Å²) in [6, 6.07) is 16.3. The van der Waals surface area contributed by atoms with Gasteiger partial charge in [-0.1, -0.05) is 12.1 Å². The van der Waals surface area contributed by atoms with Crippen molar-refractivity contribution in [1.82, 2.24) is 29.7 Å². The van der Waals surface area contributed by atoms with Crippen LogP contribution in [0.1, 0.15) is 64.6 Å². The van der Waals surface area contributed by atoms with E-state index >= 15 is 0 Å². The molecule has 3 aliphatic rings. The number of carbonyl (C=O) groups is 3. The Morgan fingerprint density at radius 3 is 2.64 bits per heavy atom. The highest BCUT2D eigenvalue weighted by atomic mass is 32.2. The predicted octanol–water partition coefficient (Wildman–Crippen LogP) is 3.74. The van der Waals surface area contributed by atoms with Gasteiger partial charge in [0.05, 0.1) is 62.1 Å². The maximum absolute atomic E-state index is 14.4. The molecule has 2 aromatic carbocycles. The molecule has 3 saturated heterocycles. The fraction of sp³-hybridized carbons (Fsp3) is 0.450. The van der Waals surface area contributed by atoms with Gasteiger partial charge in [-0.05, 0) is 68.6 Å². The van der Waals surface area contributed by atoms with E-state index in [1.165, 1.54) is 18.1 Å². The first-order valence-corrected chi connectivity index (χ1v) is 19.8. The summed E-state index contributed by atoms with van der Waals surface area (Å²) in [5.74, 6) is -0.543. The van der Waals surface area contributed by atoms with Crippen LogP contribution in [0.25, 0.3) is 11.0 Å². The van der Waals surface area contributed by atoms with Crippen LogP contribution in [0.5, 0.6) is 5.88 Å². The number of nitrogens with zero attached hydrogens (tertiary/aromatic N) is 6. The lowest BCUT2D eigenvalue weighted by atomic mass is 9.93. The maximum atomic E-state index is 14.4. The molecule has 294 valence electrons. The molecule has 3 fully saturated rings. The Hall–Kier alpha value is -5.08. The van der Waals surface area contributed by atoms with Crippen LogP contribution >= 0.6 is 11.8 Å². The number of carbonyl (C=O) groups excluding carboxylic acids is 3. The molecule has 14 nitrogen and oxygen atoms in total. The number of methoxy groups -OCH3 is 1. The second-order valence-corrected chi connectivity index (χ2v) is 15.5. The fourth-order valence-corrected chi connectivity index (χ4v) is 8.31. The summed E-state index contributed by atoms with van der Waals surface area (Å²) < 4.78 is 33.3. The average molecular weight is 786 g/mol. The van der Waals surface area contributed by atoms with E-state index in [1.54, 1.807) is 42.1 Å². The number of aliphatic hydroxyl groups is 1. The molecule has 16 heteroatoms. The van der Waals surface area contributed by atoms with Crippen LogP contribution in [-0.4, -0.2) is 110 Å². The number of nitriles is 1. The van der Waals surface area contributed by atoms with Crippen LogP contribution in [0.2, 0.25) is 0 Å². The lowest BCUT2D eigenvalue weighted by Gasteiger charge is -2.41. The summed E-state index contributed by atoms with van der Waals surface area (Å²) in [4.78, 5) is 51.4. The van der Waals surface area contributed by atoms with Crippen molar-refractivity contribution < 1.29 is 38.1 Å². The molecular weight excluding hydrogens is 742 g/mol. The van der Waals surface area contributed by atoms with Crippen LogP contribution in [-0.2, 0) is 38.8 Å². The van der Waals surface area contributed by atoms with Crippen molar-refractivity contribution in [3.63, 3.8) is 0 Å². The van der Waals surface area contributed by atoms with Gasteiger partial charge in [-0.2, -0.15) is 5.26 Å². The third-order valence-electron chi connectivity index (χ3n) is 10.9. The molecule has 0 aliphatic carbocycles. The Morgan fingerprint density at radius 2 is 1.95 bits per heavy atom. The van der Waals surface area contributed by atoms with E-state index in [0.29, 0.717) is 42.2 Å². The highest BCUT2D eigenvalue weighted by Crippen LogP contribution is 2.39. The Balaban J connectivity index is 1.01. The number of aliphatic hydroxyl groups excluding tert-OH is 1. The zero-order valence-corrected chi connectivity index (χ0v) is 32.1. The second kappa shape index (κ2) is 17.0. The normalized spacial score (nSPS) is 21.4. The molecule has 0 saturated carbocycles. The highest BCUT2D eigenvalue weighted by molar-refractivity contribution is 7.99. The zero-order chi connectivity index (χ0) is 39.4. The van der Waals surface area contributed by atoms with Crippen molar-refractivity contribution in [2.45, 2.75) is 68.4 Å². The molecule has 5 heterocycles. The zero-order valence-electron chi connectivity index (χ0n) is 31.3. The minimum Gasteiger partial charge on any atom is -0.473 e. The molecule has 2 aromatic heterocycles. The number of piperidine rings is 1. The van der Waals surface area contributed by atoms with Crippen LogP contribution < -0.4 is 10.1 Å². The van der Waals surface area contributed by atoms with Crippen LogP contribution in [0.4, 0.5) is 4.39 Å². The van der Waals surface area contributed by atoms with Crippen molar-refractivity contribution in [1.29, 1.82) is 5.26 Å². The monoisotopic (exact) mass is 785 g/mol. The average Bonchev–Trinajstić information content (AvgIpc) is 3.76. The molecule has 2 N–H and O–H groups in total. The molecule has 0 unspecified atom stereocenters. The first kappa shape index (κ1) is 39.2. The number of imidazole rings is 1. The van der Waals surface area contributed by atoms with E-state index < -0.39 is 35.7 Å². The first-order valence-electron chi connectivity index (χ1n) is 18.6. The first-order chi connectivity index (χ1) is 27.1. The van der Waals surface area contributed by atoms with Crippen LogP contribution in [0.3, 0.4) is 0 Å². The van der Waals surface area contributed by atoms with E-state index in [9.17, 15) is 23.9 Å². The molecule has 3 aliphatic heterocycles. The van der Waals surface area contributed by atoms with E-state index in [-0.39, 0.29) is 42.5 Å². The summed E-state index contributed by atoms with van der Waals surface area (Å²) in [6.07, 6.45) is 3.95. The van der Waals surface area contributed by atoms with Crippen molar-refractivity contribution in [2.24, 2.45) is 0 Å². The van der Waals surface area contributed by atoms with Gasteiger partial charge in [0.15, 0.2) is 0 Å². The SMILES string of the molecule is COC(=O)[C@@H]1C[C@H](O)CN1C(=O)CNC(=O)c1ccc2c(c1)nc(CN1CCC(c3cccc(OCc4ccc(C#N)cc4F)n3)CC1)n2C[C@]1(SC)CCO1. The summed E-state index contributed by atoms with van der Waals surface area (Å²) in [5.41, 5.74) is 3.40. The number of rotatable bonds is 13. The number of pyridine rings is 1. The number of β-amino-alcohol motifs (C(OH)–C–C–N with tert-alkyl or cyclic N) is 1. The van der Waals surface area contributed by atoms with E-state index in [0.717, 1.165) is 49.4 Å². The summed E-state index contributed by atoms with van der Waals surface area (Å²) in [6.45, 7) is 3.17. The number of halogens is 1. The van der Waals surface area contributed by atoms with Gasteiger partial charge >= 0.3 is 5.97 Å². The number of thioether (sulfide) groups is 1. The highest BCUT2D eigenvalue weighted by Gasteiger charge is 2.40. The third-order valence-corrected chi connectivity index (χ3v) is 12.1. The molecule has 7 rings (SSSR count). The van der Waals surface area contributed by atoms with E-state index in [4.69, 9.17) is 29.4 Å². The Bertz CT molecular complexity index is 2140. The van der Waals surface area contributed by atoms with Crippen LogP contribution in [0, 0.1) is 17.1 Å². The topological polar surface area (TPSA) is 172 Å². The Labute approximate surface area is 327 Å². The smallest absolute Gasteiger partial charge is 0.328 e. The lowest BCUT2D eigenvalue weighted by Crippen LogP contribution is -2.46. The van der Waals surface area contributed by atoms with Gasteiger partial charge in [0.2, 0.25) is 11.8 Å². The Morgan fingerprint density at radius 1 is 1.14 bits per heavy atom. The second-order valence-electron chi connectivity index (χ2n) is 14.3. The lowest BCUT2D eigenvalue weighted by molar-refractivity contribution is -0.150. The Kier molecular flexibility index (Phi) is 11.9. The fourth-order valence-electron chi connectivity index (χ4n) is 7.56. The number of amides is 2. The molecule has 0 radical (unpaired) electrons. The summed E-state index contributed by atoms with van der Waals surface area (Å²) in [7, 11) is 1.23. The van der Waals surface area contributed by atoms with Gasteiger partial charge in [-0.25, -0.2) is 19.2 Å². The molecule has 2 amide bonds. The van der Waals surface area contributed by atoms with Crippen LogP contribution in [0.15, 0.2) is 54.6 Å². The van der Waals surface area contributed by atoms with Gasteiger partial charge in [0.25, 0.3) is 5.91 Å². The summed E-state index contributed by atoms with van der Waals surface area (Å²) >= 11 is 1.68. The number of aromatic nitrogens is 3.